The quantitative estimate of drug-likeness (QED) is 0.804. The minimum atomic E-state index is -0.938. The molecule has 0 amide bonds. The third kappa shape index (κ3) is 3.62. The average Bonchev–Trinajstić information content (AvgIpc) is 2.91. The van der Waals surface area contributed by atoms with Gasteiger partial charge in [0.05, 0.1) is 3.79 Å². The molecule has 0 saturated carbocycles. The molecule has 0 saturated heterocycles. The number of carbonyl (C=O) groups is 1. The zero-order chi connectivity index (χ0) is 14.9. The van der Waals surface area contributed by atoms with Crippen molar-refractivity contribution >= 4 is 44.6 Å². The van der Waals surface area contributed by atoms with E-state index >= 15 is 0 Å². The molecular formula is C14H15BrO3S2. The Kier molecular flexibility index (Phi) is 4.56. The van der Waals surface area contributed by atoms with Gasteiger partial charge in [0.1, 0.15) is 12.4 Å². The van der Waals surface area contributed by atoms with Crippen LogP contribution < -0.4 is 4.74 Å². The van der Waals surface area contributed by atoms with Gasteiger partial charge in [-0.05, 0) is 38.9 Å². The van der Waals surface area contributed by atoms with Gasteiger partial charge in [-0.25, -0.2) is 4.79 Å². The highest BCUT2D eigenvalue weighted by Crippen LogP contribution is 2.37. The molecule has 0 spiro atoms. The molecule has 0 radical (unpaired) electrons. The van der Waals surface area contributed by atoms with Crippen LogP contribution in [0.3, 0.4) is 0 Å². The fourth-order valence-electron chi connectivity index (χ4n) is 1.58. The van der Waals surface area contributed by atoms with Crippen LogP contribution in [0.15, 0.2) is 21.3 Å². The van der Waals surface area contributed by atoms with Crippen LogP contribution in [0.4, 0.5) is 0 Å². The lowest BCUT2D eigenvalue weighted by Gasteiger charge is -2.14. The van der Waals surface area contributed by atoms with Gasteiger partial charge in [0.25, 0.3) is 0 Å². The molecule has 6 heteroatoms. The molecule has 0 fully saturated rings. The van der Waals surface area contributed by atoms with Crippen molar-refractivity contribution in [1.29, 1.82) is 0 Å². The summed E-state index contributed by atoms with van der Waals surface area (Å²) in [6.07, 6.45) is 0. The van der Waals surface area contributed by atoms with Gasteiger partial charge < -0.3 is 9.84 Å². The molecule has 108 valence electrons. The highest BCUT2D eigenvalue weighted by molar-refractivity contribution is 9.11. The molecule has 0 aliphatic carbocycles. The maximum absolute atomic E-state index is 11.3. The summed E-state index contributed by atoms with van der Waals surface area (Å²) in [6.45, 7) is 6.56. The van der Waals surface area contributed by atoms with E-state index in [0.717, 1.165) is 14.2 Å². The molecule has 0 atom stereocenters. The fraction of sp³-hybridized carbons (Fsp3) is 0.357. The standard InChI is InChI=1S/C14H15BrO3S2/c1-14(2,3)10-5-9(12(20-10)13(16)17)18-6-8-4-11(15)19-7-8/h4-5,7H,6H2,1-3H3,(H,16,17). The van der Waals surface area contributed by atoms with Gasteiger partial charge in [-0.15, -0.1) is 22.7 Å². The molecule has 3 nitrogen and oxygen atoms in total. The van der Waals surface area contributed by atoms with E-state index < -0.39 is 5.97 Å². The van der Waals surface area contributed by atoms with Crippen LogP contribution >= 0.6 is 38.6 Å². The van der Waals surface area contributed by atoms with E-state index in [-0.39, 0.29) is 10.3 Å². The number of carboxylic acids is 1. The molecule has 2 aromatic rings. The monoisotopic (exact) mass is 374 g/mol. The van der Waals surface area contributed by atoms with Crippen LogP contribution in [-0.2, 0) is 12.0 Å². The van der Waals surface area contributed by atoms with Crippen molar-refractivity contribution in [1.82, 2.24) is 0 Å². The van der Waals surface area contributed by atoms with Gasteiger partial charge in [-0.1, -0.05) is 20.8 Å². The first-order valence-corrected chi connectivity index (χ1v) is 8.49. The largest absolute Gasteiger partial charge is 0.487 e. The molecule has 0 aromatic carbocycles. The molecule has 2 rings (SSSR count). The Morgan fingerprint density at radius 3 is 2.60 bits per heavy atom. The van der Waals surface area contributed by atoms with Crippen LogP contribution in [-0.4, -0.2) is 11.1 Å². The van der Waals surface area contributed by atoms with E-state index in [1.807, 2.05) is 17.5 Å². The number of carboxylic acid groups (broad SMARTS) is 1. The Hall–Kier alpha value is -0.850. The van der Waals surface area contributed by atoms with Crippen LogP contribution in [0.5, 0.6) is 5.75 Å². The summed E-state index contributed by atoms with van der Waals surface area (Å²) in [5.74, 6) is -0.484. The number of halogens is 1. The van der Waals surface area contributed by atoms with Crippen molar-refractivity contribution in [3.8, 4) is 5.75 Å². The minimum Gasteiger partial charge on any atom is -0.487 e. The van der Waals surface area contributed by atoms with E-state index in [1.165, 1.54) is 11.3 Å². The Bertz CT molecular complexity index is 623. The maximum atomic E-state index is 11.3. The van der Waals surface area contributed by atoms with Gasteiger partial charge in [0.15, 0.2) is 4.88 Å². The first kappa shape index (κ1) is 15.5. The molecule has 2 heterocycles. The normalized spacial score (nSPS) is 11.6. The molecule has 0 aliphatic heterocycles. The van der Waals surface area contributed by atoms with Crippen LogP contribution in [0, 0.1) is 0 Å². The summed E-state index contributed by atoms with van der Waals surface area (Å²) >= 11 is 6.26. The average molecular weight is 375 g/mol. The van der Waals surface area contributed by atoms with Gasteiger partial charge in [-0.3, -0.25) is 0 Å². The van der Waals surface area contributed by atoms with E-state index in [1.54, 1.807) is 11.3 Å². The first-order chi connectivity index (χ1) is 9.27. The number of aromatic carboxylic acids is 1. The molecular weight excluding hydrogens is 360 g/mol. The van der Waals surface area contributed by atoms with Crippen molar-refractivity contribution in [2.45, 2.75) is 32.8 Å². The molecule has 1 N–H and O–H groups in total. The second-order valence-electron chi connectivity index (χ2n) is 5.41. The first-order valence-electron chi connectivity index (χ1n) is 6.00. The molecule has 0 aliphatic rings. The Balaban J connectivity index is 2.21. The maximum Gasteiger partial charge on any atom is 0.349 e. The van der Waals surface area contributed by atoms with Crippen LogP contribution in [0.25, 0.3) is 0 Å². The van der Waals surface area contributed by atoms with E-state index in [9.17, 15) is 9.90 Å². The molecule has 2 aromatic heterocycles. The number of hydrogen-bond donors (Lipinski definition) is 1. The summed E-state index contributed by atoms with van der Waals surface area (Å²) in [6, 6.07) is 3.82. The Morgan fingerprint density at radius 1 is 1.40 bits per heavy atom. The van der Waals surface area contributed by atoms with Crippen molar-refractivity contribution in [3.63, 3.8) is 0 Å². The van der Waals surface area contributed by atoms with Gasteiger partial charge in [0, 0.05) is 10.4 Å². The third-order valence-electron chi connectivity index (χ3n) is 2.65. The minimum absolute atomic E-state index is 0.0815. The number of rotatable bonds is 4. The summed E-state index contributed by atoms with van der Waals surface area (Å²) in [5, 5.41) is 11.3. The van der Waals surface area contributed by atoms with Crippen LogP contribution in [0.2, 0.25) is 0 Å². The second-order valence-corrected chi connectivity index (χ2v) is 8.75. The van der Waals surface area contributed by atoms with Gasteiger partial charge >= 0.3 is 5.97 Å². The molecule has 20 heavy (non-hydrogen) atoms. The van der Waals surface area contributed by atoms with Crippen molar-refractivity contribution in [3.05, 3.63) is 36.6 Å². The smallest absolute Gasteiger partial charge is 0.349 e. The second kappa shape index (κ2) is 5.87. The lowest BCUT2D eigenvalue weighted by Crippen LogP contribution is -2.08. The van der Waals surface area contributed by atoms with Crippen molar-refractivity contribution in [2.75, 3.05) is 0 Å². The third-order valence-corrected chi connectivity index (χ3v) is 5.73. The van der Waals surface area contributed by atoms with E-state index in [0.29, 0.717) is 12.4 Å². The summed E-state index contributed by atoms with van der Waals surface area (Å²) in [4.78, 5) is 12.6. The predicted octanol–water partition coefficient (Wildman–Crippen LogP) is 5.15. The number of ether oxygens (including phenoxy) is 1. The summed E-state index contributed by atoms with van der Waals surface area (Å²) in [5.41, 5.74) is 0.948. The molecule has 0 unspecified atom stereocenters. The van der Waals surface area contributed by atoms with Crippen molar-refractivity contribution < 1.29 is 14.6 Å². The number of hydrogen-bond acceptors (Lipinski definition) is 4. The zero-order valence-corrected chi connectivity index (χ0v) is 14.6. The highest BCUT2D eigenvalue weighted by Gasteiger charge is 2.23. The fourth-order valence-corrected chi connectivity index (χ4v) is 3.77. The number of thiophene rings is 2. The van der Waals surface area contributed by atoms with E-state index in [4.69, 9.17) is 4.74 Å². The van der Waals surface area contributed by atoms with Gasteiger partial charge in [0.2, 0.25) is 0 Å². The summed E-state index contributed by atoms with van der Waals surface area (Å²) < 4.78 is 6.73. The lowest BCUT2D eigenvalue weighted by molar-refractivity contribution is 0.0697. The SMILES string of the molecule is CC(C)(C)c1cc(OCc2csc(Br)c2)c(C(=O)O)s1. The predicted molar refractivity (Wildman–Crippen MR) is 86.3 cm³/mol. The lowest BCUT2D eigenvalue weighted by atomic mass is 9.95. The molecule has 0 bridgehead atoms. The zero-order valence-electron chi connectivity index (χ0n) is 11.4. The van der Waals surface area contributed by atoms with Gasteiger partial charge in [-0.2, -0.15) is 0 Å². The van der Waals surface area contributed by atoms with Crippen molar-refractivity contribution in [2.24, 2.45) is 0 Å². The summed E-state index contributed by atoms with van der Waals surface area (Å²) in [7, 11) is 0. The Labute approximate surface area is 134 Å². The highest BCUT2D eigenvalue weighted by atomic mass is 79.9. The van der Waals surface area contributed by atoms with Crippen LogP contribution in [0.1, 0.15) is 40.9 Å². The van der Waals surface area contributed by atoms with E-state index in [2.05, 4.69) is 36.7 Å². The Morgan fingerprint density at radius 2 is 2.10 bits per heavy atom. The topological polar surface area (TPSA) is 46.5 Å².